The lowest BCUT2D eigenvalue weighted by Crippen LogP contribution is -2.48. The van der Waals surface area contributed by atoms with Crippen LogP contribution in [0.5, 0.6) is 0 Å². The van der Waals surface area contributed by atoms with E-state index in [1.165, 1.54) is 17.2 Å². The molecule has 1 unspecified atom stereocenters. The first-order chi connectivity index (χ1) is 17.9. The first kappa shape index (κ1) is 24.2. The average molecular weight is 508 g/mol. The molecule has 0 radical (unpaired) electrons. The van der Waals surface area contributed by atoms with Gasteiger partial charge in [-0.05, 0) is 25.0 Å². The van der Waals surface area contributed by atoms with Crippen LogP contribution in [0.25, 0.3) is 17.2 Å². The molecule has 0 bridgehead atoms. The number of pyridine rings is 1. The Bertz CT molecular complexity index is 1360. The summed E-state index contributed by atoms with van der Waals surface area (Å²) < 4.78 is 15.6. The van der Waals surface area contributed by atoms with E-state index < -0.39 is 11.9 Å². The van der Waals surface area contributed by atoms with E-state index in [-0.39, 0.29) is 18.4 Å². The van der Waals surface area contributed by atoms with E-state index in [1.807, 2.05) is 11.0 Å². The number of anilines is 2. The maximum atomic E-state index is 14.0. The largest absolute Gasteiger partial charge is 0.465 e. The Morgan fingerprint density at radius 2 is 1.97 bits per heavy atom. The fourth-order valence-corrected chi connectivity index (χ4v) is 4.74. The zero-order valence-corrected chi connectivity index (χ0v) is 20.0. The van der Waals surface area contributed by atoms with E-state index in [0.717, 1.165) is 12.8 Å². The molecule has 3 aromatic heterocycles. The summed E-state index contributed by atoms with van der Waals surface area (Å²) in [5.74, 6) is 0.869. The number of nitriles is 1. The highest BCUT2D eigenvalue weighted by Gasteiger charge is 2.26. The number of carboxylic acid groups (broad SMARTS) is 1. The summed E-state index contributed by atoms with van der Waals surface area (Å²) in [6.45, 7) is 2.68. The maximum Gasteiger partial charge on any atom is 0.407 e. The summed E-state index contributed by atoms with van der Waals surface area (Å²) >= 11 is 0. The lowest BCUT2D eigenvalue weighted by atomic mass is 10.1. The van der Waals surface area contributed by atoms with Crippen molar-refractivity contribution in [1.29, 1.82) is 5.26 Å². The number of imidazole rings is 1. The molecule has 5 heterocycles. The van der Waals surface area contributed by atoms with Gasteiger partial charge in [0.1, 0.15) is 35.2 Å². The van der Waals surface area contributed by atoms with E-state index in [0.29, 0.717) is 68.1 Å². The number of hydrogen-bond acceptors (Lipinski definition) is 8. The van der Waals surface area contributed by atoms with Gasteiger partial charge in [0.2, 0.25) is 5.91 Å². The second kappa shape index (κ2) is 10.3. The van der Waals surface area contributed by atoms with Gasteiger partial charge in [0.05, 0.1) is 12.3 Å². The number of aromatic nitrogens is 4. The van der Waals surface area contributed by atoms with Crippen molar-refractivity contribution in [1.82, 2.24) is 29.2 Å². The number of amides is 2. The van der Waals surface area contributed by atoms with Crippen molar-refractivity contribution in [2.75, 3.05) is 49.5 Å². The van der Waals surface area contributed by atoms with Crippen LogP contribution >= 0.6 is 0 Å². The molecule has 2 fully saturated rings. The molecule has 13 heteroatoms. The molecular weight excluding hydrogens is 481 g/mol. The second-order valence-electron chi connectivity index (χ2n) is 9.07. The number of halogens is 1. The number of nitrogens with zero attached hydrogens (tertiary/aromatic N) is 8. The Kier molecular flexibility index (Phi) is 6.72. The third kappa shape index (κ3) is 5.23. The Morgan fingerprint density at radius 1 is 1.16 bits per heavy atom. The van der Waals surface area contributed by atoms with Crippen LogP contribution in [0, 0.1) is 17.1 Å². The molecule has 2 aliphatic heterocycles. The minimum absolute atomic E-state index is 0.0736. The summed E-state index contributed by atoms with van der Waals surface area (Å²) in [4.78, 5) is 42.4. The number of carbonyl (C=O) groups is 2. The summed E-state index contributed by atoms with van der Waals surface area (Å²) in [5, 5.41) is 21.6. The zero-order chi connectivity index (χ0) is 25.9. The number of fused-ring (bicyclic) bond motifs is 1. The average Bonchev–Trinajstić information content (AvgIpc) is 3.32. The number of carbonyl (C=O) groups excluding carboxylic acids is 1. The number of piperazine rings is 1. The molecule has 37 heavy (non-hydrogen) atoms. The molecule has 2 N–H and O–H groups in total. The van der Waals surface area contributed by atoms with Gasteiger partial charge < -0.3 is 25.1 Å². The van der Waals surface area contributed by atoms with Crippen molar-refractivity contribution in [2.45, 2.75) is 25.3 Å². The summed E-state index contributed by atoms with van der Waals surface area (Å²) in [6.07, 6.45) is 3.43. The Hall–Kier alpha value is -4.47. The number of piperidine rings is 1. The first-order valence-electron chi connectivity index (χ1n) is 12.1. The van der Waals surface area contributed by atoms with Crippen LogP contribution in [0.2, 0.25) is 0 Å². The van der Waals surface area contributed by atoms with Gasteiger partial charge in [-0.2, -0.15) is 5.26 Å². The van der Waals surface area contributed by atoms with Crippen LogP contribution in [0.3, 0.4) is 0 Å². The fraction of sp³-hybridized carbons (Fsp3) is 0.417. The number of nitrogens with one attached hydrogen (secondary N) is 1. The van der Waals surface area contributed by atoms with E-state index in [1.54, 1.807) is 27.6 Å². The van der Waals surface area contributed by atoms with Crippen molar-refractivity contribution in [3.05, 3.63) is 36.4 Å². The third-order valence-electron chi connectivity index (χ3n) is 6.64. The number of rotatable bonds is 5. The Balaban J connectivity index is 1.46. The molecule has 3 aromatic rings. The molecular formula is C24H26FN9O3. The summed E-state index contributed by atoms with van der Waals surface area (Å²) in [5.41, 5.74) is 1.06. The standard InChI is InChI=1S/C24H26FN9O3/c25-16-3-4-20-27-13-18(34(20)14-16)23-29-19(28-17-2-1-7-33(15-17)22(35)5-6-26)12-21(30-23)31-8-10-32(11-9-31)24(36)37/h3-4,12-14,17H,1-2,5,7-11,15H2,(H,36,37)(H,28,29,30). The fourth-order valence-electron chi connectivity index (χ4n) is 4.74. The minimum atomic E-state index is -0.953. The normalized spacial score (nSPS) is 18.1. The molecule has 2 amide bonds. The predicted molar refractivity (Wildman–Crippen MR) is 131 cm³/mol. The minimum Gasteiger partial charge on any atom is -0.465 e. The number of hydrogen-bond donors (Lipinski definition) is 2. The van der Waals surface area contributed by atoms with Crippen molar-refractivity contribution in [2.24, 2.45) is 0 Å². The van der Waals surface area contributed by atoms with Crippen LogP contribution in [0.15, 0.2) is 30.6 Å². The van der Waals surface area contributed by atoms with Gasteiger partial charge in [-0.3, -0.25) is 9.20 Å². The van der Waals surface area contributed by atoms with Gasteiger partial charge in [-0.1, -0.05) is 0 Å². The third-order valence-corrected chi connectivity index (χ3v) is 6.64. The Morgan fingerprint density at radius 3 is 2.73 bits per heavy atom. The van der Waals surface area contributed by atoms with Crippen LogP contribution < -0.4 is 10.2 Å². The quantitative estimate of drug-likeness (QED) is 0.530. The van der Waals surface area contributed by atoms with E-state index in [2.05, 4.69) is 10.3 Å². The van der Waals surface area contributed by atoms with Gasteiger partial charge in [-0.15, -0.1) is 0 Å². The van der Waals surface area contributed by atoms with Crippen molar-refractivity contribution in [3.8, 4) is 17.6 Å². The lowest BCUT2D eigenvalue weighted by Gasteiger charge is -2.35. The topological polar surface area (TPSA) is 143 Å². The van der Waals surface area contributed by atoms with E-state index in [9.17, 15) is 19.1 Å². The van der Waals surface area contributed by atoms with Crippen LogP contribution in [-0.4, -0.2) is 91.6 Å². The highest BCUT2D eigenvalue weighted by Crippen LogP contribution is 2.26. The smallest absolute Gasteiger partial charge is 0.407 e. The summed E-state index contributed by atoms with van der Waals surface area (Å²) in [7, 11) is 0. The zero-order valence-electron chi connectivity index (χ0n) is 20.0. The van der Waals surface area contributed by atoms with Crippen molar-refractivity contribution >= 4 is 29.3 Å². The Labute approximate surface area is 212 Å². The first-order valence-corrected chi connectivity index (χ1v) is 12.1. The van der Waals surface area contributed by atoms with Crippen molar-refractivity contribution < 1.29 is 19.1 Å². The molecule has 5 rings (SSSR count). The molecule has 2 saturated heterocycles. The highest BCUT2D eigenvalue weighted by molar-refractivity contribution is 5.78. The molecule has 0 saturated carbocycles. The molecule has 0 spiro atoms. The van der Waals surface area contributed by atoms with Crippen molar-refractivity contribution in [3.63, 3.8) is 0 Å². The van der Waals surface area contributed by atoms with Gasteiger partial charge in [0.15, 0.2) is 5.82 Å². The predicted octanol–water partition coefficient (Wildman–Crippen LogP) is 2.05. The van der Waals surface area contributed by atoms with Crippen LogP contribution in [0.1, 0.15) is 19.3 Å². The van der Waals surface area contributed by atoms with E-state index in [4.69, 9.17) is 15.2 Å². The molecule has 1 atom stereocenters. The van der Waals surface area contributed by atoms with Gasteiger partial charge >= 0.3 is 6.09 Å². The van der Waals surface area contributed by atoms with Gasteiger partial charge in [-0.25, -0.2) is 24.1 Å². The van der Waals surface area contributed by atoms with Gasteiger partial charge in [0, 0.05) is 57.6 Å². The van der Waals surface area contributed by atoms with Crippen LogP contribution in [-0.2, 0) is 4.79 Å². The monoisotopic (exact) mass is 507 g/mol. The molecule has 2 aliphatic rings. The molecule has 12 nitrogen and oxygen atoms in total. The SMILES string of the molecule is N#CCC(=O)N1CCCC(Nc2cc(N3CCN(C(=O)O)CC3)nc(-c3cnc4ccc(F)cn34)n2)C1. The molecule has 0 aliphatic carbocycles. The number of likely N-dealkylation sites (tertiary alicyclic amines) is 1. The van der Waals surface area contributed by atoms with Crippen LogP contribution in [0.4, 0.5) is 20.8 Å². The summed E-state index contributed by atoms with van der Waals surface area (Å²) in [6, 6.07) is 6.55. The maximum absolute atomic E-state index is 14.0. The molecule has 0 aromatic carbocycles. The van der Waals surface area contributed by atoms with Gasteiger partial charge in [0.25, 0.3) is 0 Å². The lowest BCUT2D eigenvalue weighted by molar-refractivity contribution is -0.131. The molecule has 192 valence electrons. The second-order valence-corrected chi connectivity index (χ2v) is 9.07. The highest BCUT2D eigenvalue weighted by atomic mass is 19.1. The van der Waals surface area contributed by atoms with E-state index >= 15 is 0 Å².